The van der Waals surface area contributed by atoms with Crippen molar-refractivity contribution in [3.8, 4) is 0 Å². The van der Waals surface area contributed by atoms with Crippen LogP contribution in [0.3, 0.4) is 0 Å². The molecule has 0 spiro atoms. The molecule has 0 aliphatic heterocycles. The molecule has 0 amide bonds. The highest BCUT2D eigenvalue weighted by Gasteiger charge is 2.14. The van der Waals surface area contributed by atoms with E-state index in [1.165, 1.54) is 186 Å². The lowest BCUT2D eigenvalue weighted by atomic mass is 9.84. The van der Waals surface area contributed by atoms with Gasteiger partial charge in [0.1, 0.15) is 0 Å². The summed E-state index contributed by atoms with van der Waals surface area (Å²) in [6, 6.07) is 0. The number of hydrogen-bond acceptors (Lipinski definition) is 2. The van der Waals surface area contributed by atoms with E-state index in [9.17, 15) is 0 Å². The largest absolute Gasteiger partial charge is 0.330 e. The SMILES string of the molecule is CCCCCCC/C=C(/CCCCCCCCCN)C(CCCCCCCC)CCCCCCCCCN. The van der Waals surface area contributed by atoms with Crippen LogP contribution in [0.2, 0.25) is 0 Å². The Balaban J connectivity index is 4.78. The van der Waals surface area contributed by atoms with Crippen LogP contribution < -0.4 is 11.5 Å². The Kier molecular flexibility index (Phi) is 32.6. The minimum absolute atomic E-state index is 0.860. The molecule has 2 nitrogen and oxygen atoms in total. The first-order valence-electron chi connectivity index (χ1n) is 17.9. The molecule has 2 heteroatoms. The fraction of sp³-hybridized carbons (Fsp3) is 0.944. The van der Waals surface area contributed by atoms with Crippen molar-refractivity contribution in [2.75, 3.05) is 13.1 Å². The van der Waals surface area contributed by atoms with Crippen molar-refractivity contribution in [2.45, 2.75) is 200 Å². The lowest BCUT2D eigenvalue weighted by Gasteiger charge is -2.22. The highest BCUT2D eigenvalue weighted by molar-refractivity contribution is 5.07. The molecule has 0 saturated carbocycles. The van der Waals surface area contributed by atoms with Gasteiger partial charge in [-0.3, -0.25) is 0 Å². The maximum Gasteiger partial charge on any atom is -0.00773 e. The molecule has 0 saturated heterocycles. The van der Waals surface area contributed by atoms with Gasteiger partial charge in [-0.25, -0.2) is 0 Å². The number of unbranched alkanes of at least 4 members (excludes halogenated alkanes) is 22. The molecular formula is C36H74N2. The Labute approximate surface area is 242 Å². The average Bonchev–Trinajstić information content (AvgIpc) is 2.93. The van der Waals surface area contributed by atoms with Crippen molar-refractivity contribution in [1.82, 2.24) is 0 Å². The zero-order valence-electron chi connectivity index (χ0n) is 26.7. The summed E-state index contributed by atoms with van der Waals surface area (Å²) in [5, 5.41) is 0. The molecule has 0 aromatic rings. The molecule has 0 radical (unpaired) electrons. The van der Waals surface area contributed by atoms with E-state index in [2.05, 4.69) is 19.9 Å². The van der Waals surface area contributed by atoms with Gasteiger partial charge >= 0.3 is 0 Å². The predicted molar refractivity (Wildman–Crippen MR) is 175 cm³/mol. The zero-order chi connectivity index (χ0) is 27.8. The summed E-state index contributed by atoms with van der Waals surface area (Å²) < 4.78 is 0. The summed E-state index contributed by atoms with van der Waals surface area (Å²) in [5.41, 5.74) is 13.2. The smallest absolute Gasteiger partial charge is 0.00773 e. The zero-order valence-corrected chi connectivity index (χ0v) is 26.7. The van der Waals surface area contributed by atoms with Gasteiger partial charge in [0.15, 0.2) is 0 Å². The van der Waals surface area contributed by atoms with Gasteiger partial charge < -0.3 is 11.5 Å². The first-order chi connectivity index (χ1) is 18.8. The fourth-order valence-electron chi connectivity index (χ4n) is 5.97. The van der Waals surface area contributed by atoms with E-state index >= 15 is 0 Å². The third-order valence-corrected chi connectivity index (χ3v) is 8.57. The molecule has 0 heterocycles. The normalized spacial score (nSPS) is 12.9. The molecule has 0 aromatic carbocycles. The van der Waals surface area contributed by atoms with Crippen LogP contribution in [0, 0.1) is 5.92 Å². The van der Waals surface area contributed by atoms with Gasteiger partial charge in [0, 0.05) is 0 Å². The lowest BCUT2D eigenvalue weighted by Crippen LogP contribution is -2.06. The predicted octanol–water partition coefficient (Wildman–Crippen LogP) is 11.8. The minimum Gasteiger partial charge on any atom is -0.330 e. The van der Waals surface area contributed by atoms with Crippen molar-refractivity contribution in [3.63, 3.8) is 0 Å². The Morgan fingerprint density at radius 1 is 0.447 bits per heavy atom. The van der Waals surface area contributed by atoms with Gasteiger partial charge in [0.05, 0.1) is 0 Å². The highest BCUT2D eigenvalue weighted by atomic mass is 14.5. The van der Waals surface area contributed by atoms with Crippen LogP contribution >= 0.6 is 0 Å². The summed E-state index contributed by atoms with van der Waals surface area (Å²) >= 11 is 0. The second kappa shape index (κ2) is 32.9. The Morgan fingerprint density at radius 3 is 1.26 bits per heavy atom. The molecule has 38 heavy (non-hydrogen) atoms. The van der Waals surface area contributed by atoms with E-state index in [-0.39, 0.29) is 0 Å². The van der Waals surface area contributed by atoms with Crippen LogP contribution in [0.4, 0.5) is 0 Å². The second-order valence-electron chi connectivity index (χ2n) is 12.3. The molecule has 0 aliphatic carbocycles. The van der Waals surface area contributed by atoms with E-state index in [0.29, 0.717) is 0 Å². The molecule has 0 fully saturated rings. The van der Waals surface area contributed by atoms with Gasteiger partial charge in [0.2, 0.25) is 0 Å². The van der Waals surface area contributed by atoms with Crippen LogP contribution in [0.15, 0.2) is 11.6 Å². The highest BCUT2D eigenvalue weighted by Crippen LogP contribution is 2.30. The van der Waals surface area contributed by atoms with Crippen molar-refractivity contribution in [1.29, 1.82) is 0 Å². The number of rotatable bonds is 32. The molecule has 0 rings (SSSR count). The third-order valence-electron chi connectivity index (χ3n) is 8.57. The van der Waals surface area contributed by atoms with Crippen LogP contribution in [0.25, 0.3) is 0 Å². The standard InChI is InChI=1S/C36H74N2/c1-3-5-7-9-17-23-29-35(31-25-19-13-11-15-21-27-33-37)36(30-24-18-10-8-6-4-2)32-26-20-14-12-16-22-28-34-38/h29,36H,3-28,30-34,37-38H2,1-2H3/b35-29-. The molecule has 4 N–H and O–H groups in total. The molecule has 0 aliphatic rings. The second-order valence-corrected chi connectivity index (χ2v) is 12.3. The molecule has 0 aromatic heterocycles. The quantitative estimate of drug-likeness (QED) is 0.0665. The average molecular weight is 535 g/mol. The van der Waals surface area contributed by atoms with Crippen LogP contribution in [-0.2, 0) is 0 Å². The minimum atomic E-state index is 0.860. The Morgan fingerprint density at radius 2 is 0.816 bits per heavy atom. The van der Waals surface area contributed by atoms with E-state index in [0.717, 1.165) is 19.0 Å². The first-order valence-corrected chi connectivity index (χ1v) is 17.9. The maximum atomic E-state index is 5.66. The van der Waals surface area contributed by atoms with E-state index < -0.39 is 0 Å². The van der Waals surface area contributed by atoms with Gasteiger partial charge in [-0.2, -0.15) is 0 Å². The molecule has 0 bridgehead atoms. The monoisotopic (exact) mass is 535 g/mol. The van der Waals surface area contributed by atoms with Crippen molar-refractivity contribution >= 4 is 0 Å². The Hall–Kier alpha value is -0.340. The van der Waals surface area contributed by atoms with Gasteiger partial charge in [-0.1, -0.05) is 160 Å². The van der Waals surface area contributed by atoms with E-state index in [4.69, 9.17) is 11.5 Å². The van der Waals surface area contributed by atoms with Crippen molar-refractivity contribution < 1.29 is 0 Å². The van der Waals surface area contributed by atoms with Gasteiger partial charge in [-0.15, -0.1) is 0 Å². The summed E-state index contributed by atoms with van der Waals surface area (Å²) in [4.78, 5) is 0. The molecule has 1 atom stereocenters. The van der Waals surface area contributed by atoms with E-state index in [1.54, 1.807) is 0 Å². The van der Waals surface area contributed by atoms with Crippen molar-refractivity contribution in [3.05, 3.63) is 11.6 Å². The maximum absolute atomic E-state index is 5.66. The summed E-state index contributed by atoms with van der Waals surface area (Å²) in [6.45, 7) is 6.38. The van der Waals surface area contributed by atoms with Crippen LogP contribution in [0.1, 0.15) is 200 Å². The Bertz CT molecular complexity index is 458. The van der Waals surface area contributed by atoms with Gasteiger partial charge in [0.25, 0.3) is 0 Å². The summed E-state index contributed by atoms with van der Waals surface area (Å²) in [5.74, 6) is 0.860. The first kappa shape index (κ1) is 37.7. The molecular weight excluding hydrogens is 460 g/mol. The van der Waals surface area contributed by atoms with Crippen LogP contribution in [0.5, 0.6) is 0 Å². The van der Waals surface area contributed by atoms with Crippen molar-refractivity contribution in [2.24, 2.45) is 17.4 Å². The lowest BCUT2D eigenvalue weighted by molar-refractivity contribution is 0.433. The number of hydrogen-bond donors (Lipinski definition) is 2. The summed E-state index contributed by atoms with van der Waals surface area (Å²) in [7, 11) is 0. The number of nitrogens with two attached hydrogens (primary N) is 2. The molecule has 228 valence electrons. The number of allylic oxidation sites excluding steroid dienone is 2. The topological polar surface area (TPSA) is 52.0 Å². The van der Waals surface area contributed by atoms with Gasteiger partial charge in [-0.05, 0) is 70.4 Å². The fourth-order valence-corrected chi connectivity index (χ4v) is 5.97. The molecule has 1 unspecified atom stereocenters. The summed E-state index contributed by atoms with van der Waals surface area (Å²) in [6.07, 6.45) is 43.1. The van der Waals surface area contributed by atoms with Crippen LogP contribution in [-0.4, -0.2) is 13.1 Å². The third kappa shape index (κ3) is 27.2. The van der Waals surface area contributed by atoms with E-state index in [1.807, 2.05) is 5.57 Å².